The molecular formula is C22H19BrCl2F2N6O2. The number of hydrogen-bond donors (Lipinski definition) is 2. The van der Waals surface area contributed by atoms with Crippen LogP contribution in [0, 0.1) is 0 Å². The number of nitrogens with one attached hydrogen (secondary N) is 1. The number of carbonyl (C=O) groups is 2. The topological polar surface area (TPSA) is 106 Å². The first-order valence-electron chi connectivity index (χ1n) is 10.4. The molecule has 0 atom stereocenters. The van der Waals surface area contributed by atoms with Gasteiger partial charge in [0.15, 0.2) is 11.6 Å². The zero-order chi connectivity index (χ0) is 25.7. The van der Waals surface area contributed by atoms with E-state index in [1.807, 2.05) is 0 Å². The Kier molecular flexibility index (Phi) is 6.78. The molecule has 2 amide bonds. The minimum Gasteiger partial charge on any atom is -0.364 e. The fraction of sp³-hybridized carbons (Fsp3) is 0.273. The number of anilines is 1. The lowest BCUT2D eigenvalue weighted by molar-refractivity contribution is -0.0266. The van der Waals surface area contributed by atoms with Gasteiger partial charge in [0, 0.05) is 32.9 Å². The van der Waals surface area contributed by atoms with Crippen LogP contribution in [0.25, 0.3) is 16.9 Å². The van der Waals surface area contributed by atoms with Crippen molar-refractivity contribution >= 4 is 56.8 Å². The maximum Gasteiger partial charge on any atom is 0.282 e. The van der Waals surface area contributed by atoms with E-state index in [2.05, 4.69) is 31.3 Å². The summed E-state index contributed by atoms with van der Waals surface area (Å²) in [4.78, 5) is 31.4. The van der Waals surface area contributed by atoms with Crippen molar-refractivity contribution in [2.24, 2.45) is 5.73 Å². The van der Waals surface area contributed by atoms with Crippen molar-refractivity contribution in [3.05, 3.63) is 56.2 Å². The van der Waals surface area contributed by atoms with Gasteiger partial charge in [-0.1, -0.05) is 39.1 Å². The number of nitrogens with two attached hydrogens (primary N) is 1. The molecule has 13 heteroatoms. The SMILES string of the molecule is CC(C)NC(=O)c1cc(Cl)cc(Br)c1-c1c(N2CC(F)(F)C2)nn(-c2ncccc2Cl)c1C(N)=O. The molecule has 0 unspecified atom stereocenters. The van der Waals surface area contributed by atoms with E-state index in [-0.39, 0.29) is 50.1 Å². The molecule has 184 valence electrons. The zero-order valence-corrected chi connectivity index (χ0v) is 21.5. The van der Waals surface area contributed by atoms with Crippen molar-refractivity contribution in [3.63, 3.8) is 0 Å². The molecule has 2 aromatic heterocycles. The third kappa shape index (κ3) is 4.85. The van der Waals surface area contributed by atoms with Gasteiger partial charge in [-0.15, -0.1) is 5.10 Å². The van der Waals surface area contributed by atoms with E-state index in [0.29, 0.717) is 4.47 Å². The van der Waals surface area contributed by atoms with Crippen LogP contribution in [0.2, 0.25) is 10.0 Å². The number of pyridine rings is 1. The summed E-state index contributed by atoms with van der Waals surface area (Å²) in [7, 11) is 0. The Morgan fingerprint density at radius 3 is 2.46 bits per heavy atom. The van der Waals surface area contributed by atoms with Crippen molar-refractivity contribution in [1.29, 1.82) is 0 Å². The van der Waals surface area contributed by atoms with Crippen LogP contribution in [-0.4, -0.2) is 51.6 Å². The third-order valence-electron chi connectivity index (χ3n) is 5.15. The second-order valence-corrected chi connectivity index (χ2v) is 9.98. The molecular weight excluding hydrogens is 569 g/mol. The minimum atomic E-state index is -2.94. The molecule has 0 spiro atoms. The van der Waals surface area contributed by atoms with E-state index in [1.165, 1.54) is 29.3 Å². The molecule has 3 N–H and O–H groups in total. The van der Waals surface area contributed by atoms with E-state index in [9.17, 15) is 18.4 Å². The number of primary amides is 1. The first-order valence-corrected chi connectivity index (χ1v) is 11.9. The quantitative estimate of drug-likeness (QED) is 0.435. The molecule has 1 saturated heterocycles. The number of alkyl halides is 2. The average molecular weight is 588 g/mol. The van der Waals surface area contributed by atoms with Gasteiger partial charge in [0.1, 0.15) is 5.69 Å². The minimum absolute atomic E-state index is 0.0214. The Hall–Kier alpha value is -2.76. The van der Waals surface area contributed by atoms with Crippen LogP contribution in [0.15, 0.2) is 34.9 Å². The molecule has 0 bridgehead atoms. The average Bonchev–Trinajstić information content (AvgIpc) is 3.11. The lowest BCUT2D eigenvalue weighted by Crippen LogP contribution is -2.56. The van der Waals surface area contributed by atoms with E-state index >= 15 is 0 Å². The zero-order valence-electron chi connectivity index (χ0n) is 18.5. The lowest BCUT2D eigenvalue weighted by atomic mass is 9.96. The highest BCUT2D eigenvalue weighted by molar-refractivity contribution is 9.10. The molecule has 0 aliphatic carbocycles. The first kappa shape index (κ1) is 25.3. The Balaban J connectivity index is 2.07. The van der Waals surface area contributed by atoms with Crippen LogP contribution in [0.1, 0.15) is 34.7 Å². The highest BCUT2D eigenvalue weighted by atomic mass is 79.9. The van der Waals surface area contributed by atoms with Gasteiger partial charge in [-0.2, -0.15) is 0 Å². The van der Waals surface area contributed by atoms with E-state index < -0.39 is 30.8 Å². The summed E-state index contributed by atoms with van der Waals surface area (Å²) in [6.45, 7) is 2.29. The molecule has 35 heavy (non-hydrogen) atoms. The molecule has 0 radical (unpaired) electrons. The Labute approximate surface area is 217 Å². The molecule has 4 rings (SSSR count). The molecule has 3 heterocycles. The van der Waals surface area contributed by atoms with Crippen LogP contribution in [-0.2, 0) is 0 Å². The van der Waals surface area contributed by atoms with Gasteiger partial charge in [-0.25, -0.2) is 18.4 Å². The van der Waals surface area contributed by atoms with Gasteiger partial charge in [-0.05, 0) is 38.1 Å². The highest BCUT2D eigenvalue weighted by Gasteiger charge is 2.47. The van der Waals surface area contributed by atoms with Crippen molar-refractivity contribution in [1.82, 2.24) is 20.1 Å². The van der Waals surface area contributed by atoms with Crippen molar-refractivity contribution in [3.8, 4) is 16.9 Å². The van der Waals surface area contributed by atoms with Crippen molar-refractivity contribution in [2.75, 3.05) is 18.0 Å². The van der Waals surface area contributed by atoms with Gasteiger partial charge in [0.05, 0.1) is 23.7 Å². The second-order valence-electron chi connectivity index (χ2n) is 8.28. The predicted octanol–water partition coefficient (Wildman–Crippen LogP) is 4.70. The summed E-state index contributed by atoms with van der Waals surface area (Å²) in [5.74, 6) is -4.26. The number of nitrogens with zero attached hydrogens (tertiary/aromatic N) is 4. The number of hydrogen-bond acceptors (Lipinski definition) is 5. The number of carbonyl (C=O) groups excluding carboxylic acids is 2. The Morgan fingerprint density at radius 2 is 1.89 bits per heavy atom. The lowest BCUT2D eigenvalue weighted by Gasteiger charge is -2.39. The highest BCUT2D eigenvalue weighted by Crippen LogP contribution is 2.45. The fourth-order valence-corrected chi connectivity index (χ4v) is 4.99. The van der Waals surface area contributed by atoms with Crippen LogP contribution in [0.5, 0.6) is 0 Å². The van der Waals surface area contributed by atoms with Gasteiger partial charge in [0.2, 0.25) is 0 Å². The number of aromatic nitrogens is 3. The van der Waals surface area contributed by atoms with E-state index in [1.54, 1.807) is 19.9 Å². The molecule has 1 aromatic carbocycles. The van der Waals surface area contributed by atoms with Gasteiger partial charge in [0.25, 0.3) is 17.7 Å². The van der Waals surface area contributed by atoms with Gasteiger partial charge < -0.3 is 16.0 Å². The largest absolute Gasteiger partial charge is 0.364 e. The van der Waals surface area contributed by atoms with Crippen LogP contribution < -0.4 is 16.0 Å². The molecule has 8 nitrogen and oxygen atoms in total. The smallest absolute Gasteiger partial charge is 0.282 e. The summed E-state index contributed by atoms with van der Waals surface area (Å²) in [6, 6.07) is 5.85. The normalized spacial score (nSPS) is 14.7. The van der Waals surface area contributed by atoms with Crippen LogP contribution in [0.3, 0.4) is 0 Å². The summed E-state index contributed by atoms with van der Waals surface area (Å²) in [5, 5.41) is 7.60. The van der Waals surface area contributed by atoms with E-state index in [0.717, 1.165) is 4.68 Å². The number of amides is 2. The Morgan fingerprint density at radius 1 is 1.20 bits per heavy atom. The molecule has 0 saturated carbocycles. The number of halogens is 5. The maximum absolute atomic E-state index is 13.9. The molecule has 3 aromatic rings. The second kappa shape index (κ2) is 9.36. The molecule has 1 fully saturated rings. The van der Waals surface area contributed by atoms with Crippen molar-refractivity contribution < 1.29 is 18.4 Å². The molecule has 1 aliphatic heterocycles. The predicted molar refractivity (Wildman–Crippen MR) is 133 cm³/mol. The monoisotopic (exact) mass is 586 g/mol. The van der Waals surface area contributed by atoms with Gasteiger partial charge >= 0.3 is 0 Å². The number of rotatable bonds is 6. The third-order valence-corrected chi connectivity index (χ3v) is 6.29. The van der Waals surface area contributed by atoms with Crippen molar-refractivity contribution in [2.45, 2.75) is 25.8 Å². The standard InChI is InChI=1S/C22H19BrCl2F2N6O2/c1-10(2)30-21(35)12-6-11(24)7-13(23)15(12)16-17(18(28)34)33(19-14(25)4-3-5-29-19)31-20(16)32-8-22(26,27)9-32/h3-7,10H,8-9H2,1-2H3,(H2,28,34)(H,30,35). The van der Waals surface area contributed by atoms with Gasteiger partial charge in [-0.3, -0.25) is 9.59 Å². The van der Waals surface area contributed by atoms with Crippen LogP contribution in [0.4, 0.5) is 14.6 Å². The Bertz CT molecular complexity index is 1340. The number of benzene rings is 1. The maximum atomic E-state index is 13.9. The van der Waals surface area contributed by atoms with Crippen LogP contribution >= 0.6 is 39.1 Å². The first-order chi connectivity index (χ1) is 16.4. The summed E-state index contributed by atoms with van der Waals surface area (Å²) >= 11 is 16.0. The summed E-state index contributed by atoms with van der Waals surface area (Å²) < 4.78 is 29.1. The van der Waals surface area contributed by atoms with E-state index in [4.69, 9.17) is 28.9 Å². The summed E-state index contributed by atoms with van der Waals surface area (Å²) in [5.41, 5.74) is 5.98. The summed E-state index contributed by atoms with van der Waals surface area (Å²) in [6.07, 6.45) is 1.44. The fourth-order valence-electron chi connectivity index (χ4n) is 3.78. The molecule has 1 aliphatic rings.